The Morgan fingerprint density at radius 2 is 1.04 bits per heavy atom. The summed E-state index contributed by atoms with van der Waals surface area (Å²) in [6.45, 7) is 8.30. The molecule has 0 amide bonds. The van der Waals surface area contributed by atoms with E-state index in [9.17, 15) is 0 Å². The molecule has 0 unspecified atom stereocenters. The van der Waals surface area contributed by atoms with Crippen LogP contribution in [0.3, 0.4) is 0 Å². The SMILES string of the molecule is Cc1cc2c(cc(C)c3nsnc32)c2nsnc12.Cc1sc(C)c2c1N=S=N2. The van der Waals surface area contributed by atoms with Gasteiger partial charge in [0.05, 0.1) is 34.8 Å². The van der Waals surface area contributed by atoms with Gasteiger partial charge in [-0.2, -0.15) is 26.2 Å². The van der Waals surface area contributed by atoms with Gasteiger partial charge in [0.25, 0.3) is 0 Å². The maximum atomic E-state index is 4.43. The predicted molar refractivity (Wildman–Crippen MR) is 121 cm³/mol. The molecule has 0 atom stereocenters. The summed E-state index contributed by atoms with van der Waals surface area (Å²) in [7, 11) is 0. The molecule has 1 aliphatic heterocycles. The number of aryl methyl sites for hydroxylation is 4. The Hall–Kier alpha value is -2.14. The largest absolute Gasteiger partial charge is 0.173 e. The highest BCUT2D eigenvalue weighted by atomic mass is 32.1. The van der Waals surface area contributed by atoms with E-state index < -0.39 is 0 Å². The van der Waals surface area contributed by atoms with Crippen molar-refractivity contribution in [2.24, 2.45) is 8.73 Å². The highest BCUT2D eigenvalue weighted by molar-refractivity contribution is 7.58. The van der Waals surface area contributed by atoms with E-state index in [2.05, 4.69) is 66.0 Å². The van der Waals surface area contributed by atoms with Gasteiger partial charge >= 0.3 is 0 Å². The van der Waals surface area contributed by atoms with E-state index in [0.29, 0.717) is 0 Å². The van der Waals surface area contributed by atoms with Crippen LogP contribution >= 0.6 is 34.8 Å². The average Bonchev–Trinajstić information content (AvgIpc) is 3.43. The Kier molecular flexibility index (Phi) is 4.31. The van der Waals surface area contributed by atoms with E-state index in [4.69, 9.17) is 0 Å². The zero-order chi connectivity index (χ0) is 19.4. The third-order valence-corrected chi connectivity index (χ3v) is 7.29. The van der Waals surface area contributed by atoms with Gasteiger partial charge in [-0.15, -0.1) is 11.3 Å². The molecule has 28 heavy (non-hydrogen) atoms. The maximum Gasteiger partial charge on any atom is 0.118 e. The lowest BCUT2D eigenvalue weighted by Gasteiger charge is -2.03. The van der Waals surface area contributed by atoms with E-state index in [1.54, 1.807) is 11.3 Å². The second-order valence-electron chi connectivity index (χ2n) is 6.58. The van der Waals surface area contributed by atoms with Crippen molar-refractivity contribution >= 4 is 90.4 Å². The predicted octanol–water partition coefficient (Wildman–Crippen LogP) is 6.56. The Bertz CT molecular complexity index is 1350. The third-order valence-electron chi connectivity index (χ3n) is 4.71. The molecule has 0 saturated heterocycles. The molecule has 0 spiro atoms. The molecule has 0 aliphatic carbocycles. The minimum Gasteiger partial charge on any atom is -0.173 e. The lowest BCUT2D eigenvalue weighted by molar-refractivity contribution is 1.48. The first-order valence-electron chi connectivity index (χ1n) is 8.50. The first-order chi connectivity index (χ1) is 13.5. The van der Waals surface area contributed by atoms with Crippen LogP contribution < -0.4 is 0 Å². The summed E-state index contributed by atoms with van der Waals surface area (Å²) in [4.78, 5) is 2.56. The molecule has 4 heterocycles. The number of aromatic nitrogens is 4. The van der Waals surface area contributed by atoms with Crippen LogP contribution in [0.4, 0.5) is 11.4 Å². The van der Waals surface area contributed by atoms with E-state index in [1.165, 1.54) is 44.6 Å². The minimum absolute atomic E-state index is 0.980. The van der Waals surface area contributed by atoms with Crippen LogP contribution in [0.15, 0.2) is 20.9 Å². The van der Waals surface area contributed by atoms with Crippen molar-refractivity contribution in [3.63, 3.8) is 0 Å². The molecule has 140 valence electrons. The molecule has 1 aliphatic rings. The number of benzene rings is 2. The highest BCUT2D eigenvalue weighted by Crippen LogP contribution is 2.43. The lowest BCUT2D eigenvalue weighted by atomic mass is 10.0. The number of fused-ring (bicyclic) bond motifs is 6. The van der Waals surface area contributed by atoms with Crippen molar-refractivity contribution in [1.29, 1.82) is 0 Å². The molecular formula is C18H14N6S4. The van der Waals surface area contributed by atoms with Crippen LogP contribution in [0.25, 0.3) is 32.8 Å². The van der Waals surface area contributed by atoms with Crippen LogP contribution in [-0.4, -0.2) is 17.5 Å². The van der Waals surface area contributed by atoms with E-state index in [0.717, 1.165) is 55.3 Å². The quantitative estimate of drug-likeness (QED) is 0.267. The fourth-order valence-electron chi connectivity index (χ4n) is 3.34. The molecule has 3 aromatic heterocycles. The third kappa shape index (κ3) is 2.71. The maximum absolute atomic E-state index is 4.43. The zero-order valence-corrected chi connectivity index (χ0v) is 18.7. The summed E-state index contributed by atoms with van der Waals surface area (Å²) in [6.07, 6.45) is 0. The fraction of sp³-hybridized carbons (Fsp3) is 0.222. The summed E-state index contributed by atoms with van der Waals surface area (Å²) >= 11 is 5.59. The molecule has 0 saturated carbocycles. The molecule has 2 aromatic carbocycles. The standard InChI is InChI=1S/C12H8N4S2.C6H6N2S2/c1-5-3-7-8(11-9(5)13-17-15-11)4-6(2)10-12(7)16-18-14-10;1-3-5-6(4(2)9-3)8-10-7-5/h3-4H,1-2H3;1-2H3. The Labute approximate surface area is 176 Å². The second-order valence-corrected chi connectivity index (χ2v) is 9.60. The van der Waals surface area contributed by atoms with Crippen LogP contribution in [0.1, 0.15) is 20.9 Å². The molecule has 6 rings (SSSR count). The molecule has 10 heteroatoms. The number of hydrogen-bond acceptors (Lipinski definition) is 9. The number of rotatable bonds is 0. The minimum atomic E-state index is 0.980. The number of nitrogens with zero attached hydrogens (tertiary/aromatic N) is 6. The summed E-state index contributed by atoms with van der Waals surface area (Å²) < 4.78 is 25.9. The normalized spacial score (nSPS) is 12.4. The van der Waals surface area contributed by atoms with Crippen LogP contribution in [0.2, 0.25) is 0 Å². The van der Waals surface area contributed by atoms with Crippen molar-refractivity contribution in [3.8, 4) is 0 Å². The van der Waals surface area contributed by atoms with Gasteiger partial charge in [0.1, 0.15) is 33.4 Å². The molecule has 6 nitrogen and oxygen atoms in total. The van der Waals surface area contributed by atoms with Crippen molar-refractivity contribution < 1.29 is 0 Å². The van der Waals surface area contributed by atoms with Gasteiger partial charge in [0.15, 0.2) is 0 Å². The van der Waals surface area contributed by atoms with Crippen molar-refractivity contribution in [1.82, 2.24) is 17.5 Å². The van der Waals surface area contributed by atoms with Gasteiger partial charge in [0, 0.05) is 20.5 Å². The first kappa shape index (κ1) is 17.9. The zero-order valence-electron chi connectivity index (χ0n) is 15.5. The molecule has 0 fully saturated rings. The van der Waals surface area contributed by atoms with Crippen molar-refractivity contribution in [3.05, 3.63) is 33.0 Å². The number of hydrogen-bond donors (Lipinski definition) is 0. The summed E-state index contributed by atoms with van der Waals surface area (Å²) in [5.41, 5.74) is 8.42. The number of thiophene rings is 1. The molecular weight excluding hydrogens is 429 g/mol. The summed E-state index contributed by atoms with van der Waals surface area (Å²) in [6, 6.07) is 4.28. The first-order valence-corrected chi connectivity index (χ1v) is 11.5. The fourth-order valence-corrected chi connectivity index (χ4v) is 6.28. The molecule has 0 N–H and O–H groups in total. The van der Waals surface area contributed by atoms with Gasteiger partial charge in [-0.25, -0.2) is 0 Å². The molecule has 0 bridgehead atoms. The smallest absolute Gasteiger partial charge is 0.118 e. The van der Waals surface area contributed by atoms with Crippen LogP contribution in [-0.2, 0) is 11.4 Å². The summed E-state index contributed by atoms with van der Waals surface area (Å²) in [5, 5.41) is 2.25. The highest BCUT2D eigenvalue weighted by Gasteiger charge is 2.15. The lowest BCUT2D eigenvalue weighted by Crippen LogP contribution is -1.86. The Balaban J connectivity index is 0.000000145. The average molecular weight is 443 g/mol. The topological polar surface area (TPSA) is 76.3 Å². The molecule has 0 radical (unpaired) electrons. The summed E-state index contributed by atoms with van der Waals surface area (Å²) in [5.74, 6) is 0. The van der Waals surface area contributed by atoms with Crippen molar-refractivity contribution in [2.45, 2.75) is 27.7 Å². The van der Waals surface area contributed by atoms with Crippen LogP contribution in [0, 0.1) is 27.7 Å². The van der Waals surface area contributed by atoms with Gasteiger partial charge in [-0.05, 0) is 51.0 Å². The van der Waals surface area contributed by atoms with E-state index in [1.807, 2.05) is 0 Å². The van der Waals surface area contributed by atoms with E-state index >= 15 is 0 Å². The molecule has 5 aromatic rings. The van der Waals surface area contributed by atoms with Crippen molar-refractivity contribution in [2.75, 3.05) is 0 Å². The van der Waals surface area contributed by atoms with Crippen LogP contribution in [0.5, 0.6) is 0 Å². The van der Waals surface area contributed by atoms with E-state index in [-0.39, 0.29) is 0 Å². The van der Waals surface area contributed by atoms with Gasteiger partial charge in [0.2, 0.25) is 0 Å². The second kappa shape index (κ2) is 6.73. The monoisotopic (exact) mass is 442 g/mol. The Morgan fingerprint density at radius 3 is 1.50 bits per heavy atom. The van der Waals surface area contributed by atoms with Gasteiger partial charge in [-0.3, -0.25) is 0 Å². The Morgan fingerprint density at radius 1 is 0.607 bits per heavy atom. The van der Waals surface area contributed by atoms with Gasteiger partial charge in [-0.1, -0.05) is 0 Å². The van der Waals surface area contributed by atoms with Gasteiger partial charge < -0.3 is 0 Å².